The Balaban J connectivity index is 1.90. The molecule has 0 saturated heterocycles. The molecule has 3 heterocycles. The fraction of sp³-hybridized carbons (Fsp3) is 0.385. The fourth-order valence-electron chi connectivity index (χ4n) is 2.57. The average Bonchev–Trinajstić information content (AvgIpc) is 3.02. The van der Waals surface area contributed by atoms with Gasteiger partial charge >= 0.3 is 5.97 Å². The van der Waals surface area contributed by atoms with Gasteiger partial charge in [0.1, 0.15) is 5.76 Å². The summed E-state index contributed by atoms with van der Waals surface area (Å²) in [5.41, 5.74) is 1.68. The number of aryl methyl sites for hydroxylation is 2. The van der Waals surface area contributed by atoms with E-state index in [0.717, 1.165) is 5.69 Å². The highest BCUT2D eigenvalue weighted by Crippen LogP contribution is 2.23. The predicted molar refractivity (Wildman–Crippen MR) is 69.9 cm³/mol. The zero-order chi connectivity index (χ0) is 15.1. The molecule has 8 heteroatoms. The van der Waals surface area contributed by atoms with Gasteiger partial charge in [0.2, 0.25) is 0 Å². The summed E-state index contributed by atoms with van der Waals surface area (Å²) < 4.78 is 6.47. The lowest BCUT2D eigenvalue weighted by atomic mass is 10.0. The van der Waals surface area contributed by atoms with Gasteiger partial charge in [-0.2, -0.15) is 5.10 Å². The van der Waals surface area contributed by atoms with Crippen molar-refractivity contribution in [3.05, 3.63) is 34.5 Å². The van der Waals surface area contributed by atoms with Gasteiger partial charge < -0.3 is 14.5 Å². The summed E-state index contributed by atoms with van der Waals surface area (Å²) in [5.74, 6) is -0.792. The van der Waals surface area contributed by atoms with E-state index in [1.807, 2.05) is 0 Å². The van der Waals surface area contributed by atoms with Crippen molar-refractivity contribution < 1.29 is 19.2 Å². The van der Waals surface area contributed by atoms with Gasteiger partial charge in [-0.05, 0) is 6.92 Å². The number of amides is 1. The summed E-state index contributed by atoms with van der Waals surface area (Å²) in [4.78, 5) is 25.1. The number of fused-ring (bicyclic) bond motifs is 1. The first kappa shape index (κ1) is 13.3. The molecule has 0 unspecified atom stereocenters. The molecule has 0 radical (unpaired) electrons. The molecule has 1 N–H and O–H groups in total. The van der Waals surface area contributed by atoms with Crippen LogP contribution in [-0.4, -0.2) is 43.4 Å². The van der Waals surface area contributed by atoms with Crippen LogP contribution in [-0.2, 0) is 20.0 Å². The number of hydrogen-bond acceptors (Lipinski definition) is 5. The van der Waals surface area contributed by atoms with Crippen LogP contribution in [0.1, 0.15) is 38.0 Å². The van der Waals surface area contributed by atoms with E-state index in [4.69, 9.17) is 4.52 Å². The SMILES string of the molecule is Cc1cc(C(=O)N2CCc3c(c(C(=O)O)nn3C)C2)no1. The van der Waals surface area contributed by atoms with E-state index >= 15 is 0 Å². The number of aromatic nitrogens is 3. The topological polar surface area (TPSA) is 101 Å². The van der Waals surface area contributed by atoms with Crippen molar-refractivity contribution >= 4 is 11.9 Å². The second-order valence-electron chi connectivity index (χ2n) is 5.00. The minimum Gasteiger partial charge on any atom is -0.476 e. The van der Waals surface area contributed by atoms with Gasteiger partial charge in [-0.15, -0.1) is 0 Å². The second-order valence-corrected chi connectivity index (χ2v) is 5.00. The highest BCUT2D eigenvalue weighted by molar-refractivity contribution is 5.93. The maximum absolute atomic E-state index is 12.3. The Morgan fingerprint density at radius 1 is 1.43 bits per heavy atom. The molecule has 2 aromatic rings. The molecule has 0 aliphatic carbocycles. The van der Waals surface area contributed by atoms with E-state index < -0.39 is 5.97 Å². The predicted octanol–water partition coefficient (Wildman–Crippen LogP) is 0.613. The standard InChI is InChI=1S/C13H14N4O4/c1-7-5-9(15-21-7)12(18)17-4-3-10-8(6-17)11(13(19)20)14-16(10)2/h5H,3-4,6H2,1-2H3,(H,19,20). The van der Waals surface area contributed by atoms with Gasteiger partial charge in [0.25, 0.3) is 5.91 Å². The lowest BCUT2D eigenvalue weighted by molar-refractivity contribution is 0.0671. The molecule has 0 fully saturated rings. The van der Waals surface area contributed by atoms with Crippen molar-refractivity contribution in [3.8, 4) is 0 Å². The van der Waals surface area contributed by atoms with Crippen LogP contribution in [0.15, 0.2) is 10.6 Å². The summed E-state index contributed by atoms with van der Waals surface area (Å²) in [5, 5.41) is 16.9. The van der Waals surface area contributed by atoms with Crippen LogP contribution in [0.2, 0.25) is 0 Å². The second kappa shape index (κ2) is 4.72. The molecule has 3 rings (SSSR count). The van der Waals surface area contributed by atoms with E-state index in [-0.39, 0.29) is 23.8 Å². The summed E-state index contributed by atoms with van der Waals surface area (Å²) in [6.07, 6.45) is 0.564. The number of carbonyl (C=O) groups is 2. The first-order chi connectivity index (χ1) is 9.97. The minimum absolute atomic E-state index is 0.00123. The smallest absolute Gasteiger partial charge is 0.356 e. The Morgan fingerprint density at radius 2 is 2.19 bits per heavy atom. The summed E-state index contributed by atoms with van der Waals surface area (Å²) in [7, 11) is 1.71. The number of carboxylic acids is 1. The Kier molecular flexibility index (Phi) is 3.00. The van der Waals surface area contributed by atoms with E-state index in [0.29, 0.717) is 24.3 Å². The molecule has 0 aromatic carbocycles. The number of carbonyl (C=O) groups excluding carboxylic acids is 1. The molecule has 21 heavy (non-hydrogen) atoms. The first-order valence-corrected chi connectivity index (χ1v) is 6.48. The highest BCUT2D eigenvalue weighted by atomic mass is 16.5. The van der Waals surface area contributed by atoms with Crippen LogP contribution in [0.5, 0.6) is 0 Å². The molecule has 110 valence electrons. The van der Waals surface area contributed by atoms with Gasteiger partial charge in [0, 0.05) is 37.3 Å². The molecule has 2 aromatic heterocycles. The Bertz CT molecular complexity index is 731. The van der Waals surface area contributed by atoms with E-state index in [9.17, 15) is 14.7 Å². The lowest BCUT2D eigenvalue weighted by Crippen LogP contribution is -2.36. The van der Waals surface area contributed by atoms with Crippen molar-refractivity contribution in [1.82, 2.24) is 19.8 Å². The van der Waals surface area contributed by atoms with Crippen molar-refractivity contribution in [1.29, 1.82) is 0 Å². The maximum atomic E-state index is 12.3. The van der Waals surface area contributed by atoms with Crippen LogP contribution in [0.4, 0.5) is 0 Å². The average molecular weight is 290 g/mol. The number of hydrogen-bond donors (Lipinski definition) is 1. The fourth-order valence-corrected chi connectivity index (χ4v) is 2.57. The van der Waals surface area contributed by atoms with Crippen LogP contribution < -0.4 is 0 Å². The zero-order valence-electron chi connectivity index (χ0n) is 11.7. The molecular formula is C13H14N4O4. The zero-order valence-corrected chi connectivity index (χ0v) is 11.7. The van der Waals surface area contributed by atoms with Gasteiger partial charge in [-0.3, -0.25) is 9.48 Å². The number of aromatic carboxylic acids is 1. The molecule has 0 saturated carbocycles. The monoisotopic (exact) mass is 290 g/mol. The normalized spacial score (nSPS) is 14.1. The highest BCUT2D eigenvalue weighted by Gasteiger charge is 2.30. The molecular weight excluding hydrogens is 276 g/mol. The maximum Gasteiger partial charge on any atom is 0.356 e. The molecule has 0 bridgehead atoms. The van der Waals surface area contributed by atoms with Crippen molar-refractivity contribution in [2.24, 2.45) is 7.05 Å². The Labute approximate surface area is 119 Å². The Morgan fingerprint density at radius 3 is 2.81 bits per heavy atom. The van der Waals surface area contributed by atoms with Crippen LogP contribution in [0.25, 0.3) is 0 Å². The molecule has 1 aliphatic rings. The van der Waals surface area contributed by atoms with E-state index in [2.05, 4.69) is 10.3 Å². The number of rotatable bonds is 2. The van der Waals surface area contributed by atoms with Gasteiger partial charge in [-0.1, -0.05) is 5.16 Å². The van der Waals surface area contributed by atoms with Crippen LogP contribution in [0, 0.1) is 6.92 Å². The number of carboxylic acid groups (broad SMARTS) is 1. The lowest BCUT2D eigenvalue weighted by Gasteiger charge is -2.26. The van der Waals surface area contributed by atoms with Crippen molar-refractivity contribution in [2.45, 2.75) is 19.9 Å². The first-order valence-electron chi connectivity index (χ1n) is 6.48. The third kappa shape index (κ3) is 2.18. The quantitative estimate of drug-likeness (QED) is 0.869. The van der Waals surface area contributed by atoms with Gasteiger partial charge in [0.15, 0.2) is 11.4 Å². The summed E-state index contributed by atoms with van der Waals surface area (Å²) in [6.45, 7) is 2.42. The van der Waals surface area contributed by atoms with Crippen LogP contribution in [0.3, 0.4) is 0 Å². The van der Waals surface area contributed by atoms with Gasteiger partial charge in [-0.25, -0.2) is 4.79 Å². The third-order valence-corrected chi connectivity index (χ3v) is 3.58. The van der Waals surface area contributed by atoms with Crippen molar-refractivity contribution in [3.63, 3.8) is 0 Å². The van der Waals surface area contributed by atoms with E-state index in [1.165, 1.54) is 0 Å². The summed E-state index contributed by atoms with van der Waals surface area (Å²) >= 11 is 0. The van der Waals surface area contributed by atoms with Crippen molar-refractivity contribution in [2.75, 3.05) is 6.54 Å². The molecule has 8 nitrogen and oxygen atoms in total. The molecule has 1 amide bonds. The summed E-state index contributed by atoms with van der Waals surface area (Å²) in [6, 6.07) is 1.57. The third-order valence-electron chi connectivity index (χ3n) is 3.58. The molecule has 0 spiro atoms. The van der Waals surface area contributed by atoms with Gasteiger partial charge in [0.05, 0.1) is 6.54 Å². The van der Waals surface area contributed by atoms with E-state index in [1.54, 1.807) is 29.6 Å². The Hall–Kier alpha value is -2.64. The number of nitrogens with zero attached hydrogens (tertiary/aromatic N) is 4. The molecule has 0 atom stereocenters. The largest absolute Gasteiger partial charge is 0.476 e. The minimum atomic E-state index is -1.08. The molecule has 1 aliphatic heterocycles. The van der Waals surface area contributed by atoms with Crippen LogP contribution >= 0.6 is 0 Å².